The quantitative estimate of drug-likeness (QED) is 0.834. The number of piperidine rings is 2. The number of alkyl halides is 2. The van der Waals surface area contributed by atoms with Gasteiger partial charge in [0.05, 0.1) is 0 Å². The van der Waals surface area contributed by atoms with E-state index in [4.69, 9.17) is 0 Å². The molecule has 4 heterocycles. The molecule has 126 valence electrons. The Kier molecular flexibility index (Phi) is 3.70. The average Bonchev–Trinajstić information content (AvgIpc) is 2.53. The number of pyridine rings is 1. The van der Waals surface area contributed by atoms with Crippen LogP contribution in [0, 0.1) is 6.92 Å². The van der Waals surface area contributed by atoms with Crippen LogP contribution in [0.3, 0.4) is 0 Å². The van der Waals surface area contributed by atoms with Crippen LogP contribution in [0.4, 0.5) is 14.6 Å². The van der Waals surface area contributed by atoms with E-state index >= 15 is 0 Å². The summed E-state index contributed by atoms with van der Waals surface area (Å²) in [6.45, 7) is 1.91. The van der Waals surface area contributed by atoms with Crippen LogP contribution in [0.2, 0.25) is 0 Å². The van der Waals surface area contributed by atoms with Crippen LogP contribution in [0.1, 0.15) is 37.8 Å². The summed E-state index contributed by atoms with van der Waals surface area (Å²) in [5.41, 5.74) is 1.53. The highest BCUT2D eigenvalue weighted by Gasteiger charge is 2.47. The Labute approximate surface area is 140 Å². The topological polar surface area (TPSA) is 41.9 Å². The summed E-state index contributed by atoms with van der Waals surface area (Å²) < 4.78 is 27.9. The first-order valence-electron chi connectivity index (χ1n) is 8.45. The Morgan fingerprint density at radius 1 is 1.12 bits per heavy atom. The number of hydrogen-bond donors (Lipinski definition) is 0. The number of anilines is 1. The Balaban J connectivity index is 1.73. The minimum absolute atomic E-state index is 0.0779. The van der Waals surface area contributed by atoms with Gasteiger partial charge in [-0.2, -0.15) is 0 Å². The Bertz CT molecular complexity index is 719. The van der Waals surface area contributed by atoms with Gasteiger partial charge in [0.15, 0.2) is 5.82 Å². The second-order valence-corrected chi connectivity index (χ2v) is 6.82. The average molecular weight is 330 g/mol. The lowest BCUT2D eigenvalue weighted by Gasteiger charge is -2.49. The lowest BCUT2D eigenvalue weighted by molar-refractivity contribution is -0.0543. The fourth-order valence-corrected chi connectivity index (χ4v) is 4.01. The number of hydrogen-bond acceptors (Lipinski definition) is 4. The molecule has 2 aromatic rings. The highest BCUT2D eigenvalue weighted by atomic mass is 19.3. The van der Waals surface area contributed by atoms with Gasteiger partial charge < -0.3 is 4.90 Å². The number of aromatic nitrogens is 3. The first-order chi connectivity index (χ1) is 11.5. The third kappa shape index (κ3) is 2.85. The van der Waals surface area contributed by atoms with Gasteiger partial charge in [-0.1, -0.05) is 6.07 Å². The second-order valence-electron chi connectivity index (χ2n) is 6.82. The molecule has 2 fully saturated rings. The number of fused-ring (bicyclic) bond motifs is 2. The molecule has 2 bridgehead atoms. The highest BCUT2D eigenvalue weighted by Crippen LogP contribution is 2.43. The van der Waals surface area contributed by atoms with Crippen molar-refractivity contribution in [3.8, 4) is 11.5 Å². The largest absolute Gasteiger partial charge is 0.350 e. The Morgan fingerprint density at radius 2 is 1.88 bits per heavy atom. The van der Waals surface area contributed by atoms with Gasteiger partial charge in [-0.3, -0.25) is 4.98 Å². The molecule has 2 unspecified atom stereocenters. The van der Waals surface area contributed by atoms with Crippen LogP contribution in [-0.2, 0) is 0 Å². The van der Waals surface area contributed by atoms with Crippen molar-refractivity contribution in [2.24, 2.45) is 0 Å². The number of halogens is 2. The van der Waals surface area contributed by atoms with Crippen molar-refractivity contribution >= 4 is 5.82 Å². The van der Waals surface area contributed by atoms with E-state index in [0.717, 1.165) is 30.8 Å². The summed E-state index contributed by atoms with van der Waals surface area (Å²) in [5.74, 6) is -1.24. The third-order valence-corrected chi connectivity index (χ3v) is 4.93. The molecule has 0 amide bonds. The standard InChI is InChI=1S/C18H20F2N4/c1-12-9-16(23-17(22-12)15-7-2-3-8-21-15)24-13-5-4-6-14(24)11-18(19,20)10-13/h2-3,7-9,13-14H,4-6,10-11H2,1H3. The maximum absolute atomic E-state index is 14.0. The van der Waals surface area contributed by atoms with Crippen LogP contribution in [0.15, 0.2) is 30.5 Å². The van der Waals surface area contributed by atoms with E-state index in [9.17, 15) is 8.78 Å². The van der Waals surface area contributed by atoms with Gasteiger partial charge in [0, 0.05) is 42.9 Å². The smallest absolute Gasteiger partial charge is 0.252 e. The minimum Gasteiger partial charge on any atom is -0.350 e. The summed E-state index contributed by atoms with van der Waals surface area (Å²) >= 11 is 0. The predicted octanol–water partition coefficient (Wildman–Crippen LogP) is 4.00. The zero-order chi connectivity index (χ0) is 16.7. The molecule has 0 N–H and O–H groups in total. The number of aryl methyl sites for hydroxylation is 1. The molecule has 0 aromatic carbocycles. The van der Waals surface area contributed by atoms with Gasteiger partial charge in [0.2, 0.25) is 0 Å². The highest BCUT2D eigenvalue weighted by molar-refractivity contribution is 5.54. The molecule has 2 atom stereocenters. The van der Waals surface area contributed by atoms with Gasteiger partial charge in [-0.25, -0.2) is 18.7 Å². The van der Waals surface area contributed by atoms with Crippen molar-refractivity contribution in [3.63, 3.8) is 0 Å². The molecule has 0 radical (unpaired) electrons. The van der Waals surface area contributed by atoms with Crippen molar-refractivity contribution in [1.82, 2.24) is 15.0 Å². The molecule has 24 heavy (non-hydrogen) atoms. The van der Waals surface area contributed by atoms with Gasteiger partial charge >= 0.3 is 0 Å². The maximum atomic E-state index is 14.0. The molecule has 2 aliphatic heterocycles. The first kappa shape index (κ1) is 15.4. The van der Waals surface area contributed by atoms with Crippen LogP contribution < -0.4 is 4.90 Å². The molecule has 0 aliphatic carbocycles. The van der Waals surface area contributed by atoms with E-state index in [0.29, 0.717) is 11.5 Å². The summed E-state index contributed by atoms with van der Waals surface area (Å²) in [6, 6.07) is 7.23. The molecule has 0 spiro atoms. The lowest BCUT2D eigenvalue weighted by Crippen LogP contribution is -2.56. The van der Waals surface area contributed by atoms with Gasteiger partial charge in [0.25, 0.3) is 5.92 Å². The van der Waals surface area contributed by atoms with Gasteiger partial charge in [-0.15, -0.1) is 0 Å². The summed E-state index contributed by atoms with van der Waals surface area (Å²) in [7, 11) is 0. The van der Waals surface area contributed by atoms with Crippen molar-refractivity contribution in [3.05, 3.63) is 36.2 Å². The molecule has 4 nitrogen and oxygen atoms in total. The van der Waals surface area contributed by atoms with Crippen LogP contribution in [0.25, 0.3) is 11.5 Å². The molecule has 4 rings (SSSR count). The van der Waals surface area contributed by atoms with E-state index in [1.54, 1.807) is 6.20 Å². The fraction of sp³-hybridized carbons (Fsp3) is 0.500. The number of rotatable bonds is 2. The number of nitrogens with zero attached hydrogens (tertiary/aromatic N) is 4. The van der Waals surface area contributed by atoms with Gasteiger partial charge in [-0.05, 0) is 38.3 Å². The van der Waals surface area contributed by atoms with Crippen molar-refractivity contribution in [1.29, 1.82) is 0 Å². The van der Waals surface area contributed by atoms with E-state index in [1.165, 1.54) is 0 Å². The molecular formula is C18H20F2N4. The van der Waals surface area contributed by atoms with Crippen molar-refractivity contribution in [2.75, 3.05) is 4.90 Å². The molecule has 2 saturated heterocycles. The molecule has 0 saturated carbocycles. The molecular weight excluding hydrogens is 310 g/mol. The Morgan fingerprint density at radius 3 is 2.54 bits per heavy atom. The SMILES string of the molecule is Cc1cc(N2C3CCCC2CC(F)(F)C3)nc(-c2ccccn2)n1. The van der Waals surface area contributed by atoms with E-state index in [1.807, 2.05) is 31.2 Å². The molecule has 6 heteroatoms. The maximum Gasteiger partial charge on any atom is 0.252 e. The molecule has 2 aromatic heterocycles. The van der Waals surface area contributed by atoms with E-state index in [-0.39, 0.29) is 24.9 Å². The van der Waals surface area contributed by atoms with Crippen LogP contribution in [0.5, 0.6) is 0 Å². The van der Waals surface area contributed by atoms with Gasteiger partial charge in [0.1, 0.15) is 11.5 Å². The zero-order valence-corrected chi connectivity index (χ0v) is 13.6. The van der Waals surface area contributed by atoms with Crippen LogP contribution in [-0.4, -0.2) is 33.0 Å². The van der Waals surface area contributed by atoms with Crippen LogP contribution >= 0.6 is 0 Å². The summed E-state index contributed by atoms with van der Waals surface area (Å²) in [6.07, 6.45) is 4.16. The predicted molar refractivity (Wildman–Crippen MR) is 88.1 cm³/mol. The first-order valence-corrected chi connectivity index (χ1v) is 8.45. The minimum atomic E-state index is -2.56. The van der Waals surface area contributed by atoms with Crippen molar-refractivity contribution < 1.29 is 8.78 Å². The fourth-order valence-electron chi connectivity index (χ4n) is 4.01. The Hall–Kier alpha value is -2.11. The monoisotopic (exact) mass is 330 g/mol. The van der Waals surface area contributed by atoms with E-state index in [2.05, 4.69) is 19.9 Å². The zero-order valence-electron chi connectivity index (χ0n) is 13.6. The summed E-state index contributed by atoms with van der Waals surface area (Å²) in [5, 5.41) is 0. The van der Waals surface area contributed by atoms with E-state index < -0.39 is 5.92 Å². The van der Waals surface area contributed by atoms with Crippen molar-refractivity contribution in [2.45, 2.75) is 57.0 Å². The summed E-state index contributed by atoms with van der Waals surface area (Å²) in [4.78, 5) is 15.6. The normalized spacial score (nSPS) is 25.5. The lowest BCUT2D eigenvalue weighted by atomic mass is 9.82. The molecule has 2 aliphatic rings. The second kappa shape index (κ2) is 5.76. The third-order valence-electron chi connectivity index (χ3n) is 4.93.